The fourth-order valence-electron chi connectivity index (χ4n) is 3.50. The van der Waals surface area contributed by atoms with Crippen molar-refractivity contribution in [2.45, 2.75) is 37.8 Å². The molecule has 3 heterocycles. The van der Waals surface area contributed by atoms with Gasteiger partial charge in [-0.1, -0.05) is 6.07 Å². The Bertz CT molecular complexity index is 631. The summed E-state index contributed by atoms with van der Waals surface area (Å²) in [5.74, 6) is 1.50. The Morgan fingerprint density at radius 1 is 1.23 bits per heavy atom. The molecule has 0 bridgehead atoms. The molecule has 2 atom stereocenters. The Hall–Kier alpha value is -2.24. The molecule has 0 aromatic heterocycles. The molecule has 4 rings (SSSR count). The third-order valence-corrected chi connectivity index (χ3v) is 4.61. The summed E-state index contributed by atoms with van der Waals surface area (Å²) in [4.78, 5) is 25.9. The number of ether oxygens (including phenoxy) is 2. The van der Waals surface area contributed by atoms with Crippen molar-refractivity contribution in [1.29, 1.82) is 0 Å². The number of nitrogens with one attached hydrogen (secondary N) is 1. The summed E-state index contributed by atoms with van der Waals surface area (Å²) < 4.78 is 10.8. The number of rotatable bonds is 2. The predicted molar refractivity (Wildman–Crippen MR) is 77.4 cm³/mol. The van der Waals surface area contributed by atoms with E-state index in [9.17, 15) is 9.59 Å². The lowest BCUT2D eigenvalue weighted by Gasteiger charge is -2.27. The topological polar surface area (TPSA) is 67.9 Å². The number of carbonyl (C=O) groups is 2. The van der Waals surface area contributed by atoms with Crippen molar-refractivity contribution in [3.63, 3.8) is 0 Å². The number of nitrogens with zero attached hydrogens (tertiary/aromatic N) is 1. The van der Waals surface area contributed by atoms with E-state index in [0.717, 1.165) is 36.4 Å². The van der Waals surface area contributed by atoms with Crippen LogP contribution in [0.15, 0.2) is 18.2 Å². The van der Waals surface area contributed by atoms with Gasteiger partial charge in [-0.2, -0.15) is 0 Å². The first kappa shape index (κ1) is 13.4. The Kier molecular flexibility index (Phi) is 3.17. The van der Waals surface area contributed by atoms with Gasteiger partial charge in [-0.15, -0.1) is 0 Å². The first-order valence-corrected chi connectivity index (χ1v) is 7.72. The van der Waals surface area contributed by atoms with Gasteiger partial charge in [0.1, 0.15) is 6.04 Å². The van der Waals surface area contributed by atoms with Crippen molar-refractivity contribution in [2.75, 3.05) is 13.3 Å². The van der Waals surface area contributed by atoms with Crippen LogP contribution < -0.4 is 14.8 Å². The van der Waals surface area contributed by atoms with E-state index in [4.69, 9.17) is 9.47 Å². The summed E-state index contributed by atoms with van der Waals surface area (Å²) in [6, 6.07) is 5.56. The minimum atomic E-state index is -0.359. The second kappa shape index (κ2) is 5.19. The molecule has 2 saturated heterocycles. The first-order valence-electron chi connectivity index (χ1n) is 7.72. The molecular weight excluding hydrogens is 284 g/mol. The second-order valence-corrected chi connectivity index (χ2v) is 5.96. The van der Waals surface area contributed by atoms with Crippen LogP contribution in [0, 0.1) is 0 Å². The van der Waals surface area contributed by atoms with Crippen molar-refractivity contribution in [3.05, 3.63) is 23.8 Å². The summed E-state index contributed by atoms with van der Waals surface area (Å²) in [5.41, 5.74) is 1.07. The van der Waals surface area contributed by atoms with Gasteiger partial charge >= 0.3 is 0 Å². The molecule has 2 amide bonds. The molecule has 6 heteroatoms. The molecule has 0 radical (unpaired) electrons. The maximum atomic E-state index is 12.7. The number of fused-ring (bicyclic) bond motifs is 1. The van der Waals surface area contributed by atoms with Crippen LogP contribution >= 0.6 is 0 Å². The zero-order chi connectivity index (χ0) is 15.1. The van der Waals surface area contributed by atoms with Gasteiger partial charge in [0, 0.05) is 13.0 Å². The molecule has 3 aliphatic heterocycles. The van der Waals surface area contributed by atoms with E-state index in [-0.39, 0.29) is 30.7 Å². The molecule has 1 aromatic carbocycles. The summed E-state index contributed by atoms with van der Waals surface area (Å²) in [5, 5.41) is 2.77. The van der Waals surface area contributed by atoms with Crippen LogP contribution in [0.5, 0.6) is 11.5 Å². The van der Waals surface area contributed by atoms with E-state index in [1.807, 2.05) is 23.1 Å². The summed E-state index contributed by atoms with van der Waals surface area (Å²) >= 11 is 0. The molecule has 3 aliphatic rings. The third kappa shape index (κ3) is 2.19. The van der Waals surface area contributed by atoms with Gasteiger partial charge in [-0.05, 0) is 37.0 Å². The highest BCUT2D eigenvalue weighted by atomic mass is 16.7. The zero-order valence-electron chi connectivity index (χ0n) is 12.2. The minimum absolute atomic E-state index is 0.0304. The van der Waals surface area contributed by atoms with Crippen molar-refractivity contribution in [3.8, 4) is 11.5 Å². The highest BCUT2D eigenvalue weighted by molar-refractivity contribution is 5.91. The van der Waals surface area contributed by atoms with E-state index in [2.05, 4.69) is 5.32 Å². The van der Waals surface area contributed by atoms with Crippen molar-refractivity contribution >= 4 is 11.8 Å². The van der Waals surface area contributed by atoms with Gasteiger partial charge in [0.05, 0.1) is 6.04 Å². The molecule has 2 fully saturated rings. The number of hydrogen-bond acceptors (Lipinski definition) is 4. The van der Waals surface area contributed by atoms with Crippen molar-refractivity contribution in [1.82, 2.24) is 10.2 Å². The molecule has 22 heavy (non-hydrogen) atoms. The Labute approximate surface area is 128 Å². The quantitative estimate of drug-likeness (QED) is 0.895. The normalized spacial score (nSPS) is 26.4. The molecule has 6 nitrogen and oxygen atoms in total. The van der Waals surface area contributed by atoms with E-state index in [1.54, 1.807) is 0 Å². The fraction of sp³-hybridized carbons (Fsp3) is 0.500. The van der Waals surface area contributed by atoms with Gasteiger partial charge in [0.25, 0.3) is 0 Å². The molecule has 0 aliphatic carbocycles. The number of likely N-dealkylation sites (tertiary alicyclic amines) is 1. The molecule has 0 saturated carbocycles. The van der Waals surface area contributed by atoms with E-state index in [0.29, 0.717) is 12.8 Å². The molecule has 1 aromatic rings. The lowest BCUT2D eigenvalue weighted by atomic mass is 10.0. The average molecular weight is 302 g/mol. The Morgan fingerprint density at radius 2 is 2.09 bits per heavy atom. The molecule has 116 valence electrons. The Balaban J connectivity index is 1.56. The lowest BCUT2D eigenvalue weighted by molar-refractivity contribution is -0.135. The monoisotopic (exact) mass is 302 g/mol. The fourth-order valence-corrected chi connectivity index (χ4v) is 3.50. The standard InChI is InChI=1S/C16H18N2O4/c19-15-6-4-11(17-15)16(20)18-7-1-2-12(18)10-3-5-13-14(8-10)22-9-21-13/h3,5,8,11-12H,1-2,4,6-7,9H2,(H,17,19). The third-order valence-electron chi connectivity index (χ3n) is 4.61. The van der Waals surface area contributed by atoms with Crippen LogP contribution in [-0.4, -0.2) is 36.1 Å². The van der Waals surface area contributed by atoms with E-state index < -0.39 is 0 Å². The summed E-state index contributed by atoms with van der Waals surface area (Å²) in [7, 11) is 0. The van der Waals surface area contributed by atoms with Crippen molar-refractivity contribution in [2.24, 2.45) is 0 Å². The maximum Gasteiger partial charge on any atom is 0.245 e. The Morgan fingerprint density at radius 3 is 2.91 bits per heavy atom. The predicted octanol–water partition coefficient (Wildman–Crippen LogP) is 1.36. The van der Waals surface area contributed by atoms with Gasteiger partial charge in [0.15, 0.2) is 11.5 Å². The van der Waals surface area contributed by atoms with E-state index >= 15 is 0 Å². The van der Waals surface area contributed by atoms with Gasteiger partial charge < -0.3 is 19.7 Å². The highest BCUT2D eigenvalue weighted by Crippen LogP contribution is 2.39. The summed E-state index contributed by atoms with van der Waals surface area (Å²) in [6.07, 6.45) is 2.96. The summed E-state index contributed by atoms with van der Waals surface area (Å²) in [6.45, 7) is 0.991. The average Bonchev–Trinajstić information content (AvgIpc) is 3.25. The van der Waals surface area contributed by atoms with Crippen molar-refractivity contribution < 1.29 is 19.1 Å². The van der Waals surface area contributed by atoms with Crippen LogP contribution in [0.2, 0.25) is 0 Å². The molecule has 2 unspecified atom stereocenters. The van der Waals surface area contributed by atoms with Crippen LogP contribution in [0.4, 0.5) is 0 Å². The largest absolute Gasteiger partial charge is 0.454 e. The van der Waals surface area contributed by atoms with Gasteiger partial charge in [0.2, 0.25) is 18.6 Å². The molecule has 0 spiro atoms. The van der Waals surface area contributed by atoms with Gasteiger partial charge in [-0.3, -0.25) is 9.59 Å². The van der Waals surface area contributed by atoms with Crippen LogP contribution in [0.25, 0.3) is 0 Å². The number of carbonyl (C=O) groups excluding carboxylic acids is 2. The number of benzene rings is 1. The second-order valence-electron chi connectivity index (χ2n) is 5.96. The SMILES string of the molecule is O=C1CCC(C(=O)N2CCCC2c2ccc3c(c2)OCO3)N1. The lowest BCUT2D eigenvalue weighted by Crippen LogP contribution is -2.44. The molecule has 1 N–H and O–H groups in total. The number of hydrogen-bond donors (Lipinski definition) is 1. The minimum Gasteiger partial charge on any atom is -0.454 e. The zero-order valence-corrected chi connectivity index (χ0v) is 12.2. The van der Waals surface area contributed by atoms with E-state index in [1.165, 1.54) is 0 Å². The first-order chi connectivity index (χ1) is 10.7. The van der Waals surface area contributed by atoms with Crippen LogP contribution in [0.3, 0.4) is 0 Å². The maximum absolute atomic E-state index is 12.7. The molecular formula is C16H18N2O4. The number of amides is 2. The highest BCUT2D eigenvalue weighted by Gasteiger charge is 2.37. The van der Waals surface area contributed by atoms with Gasteiger partial charge in [-0.25, -0.2) is 0 Å². The van der Waals surface area contributed by atoms with Crippen LogP contribution in [-0.2, 0) is 9.59 Å². The smallest absolute Gasteiger partial charge is 0.245 e. The van der Waals surface area contributed by atoms with Crippen LogP contribution in [0.1, 0.15) is 37.3 Å².